The maximum absolute atomic E-state index is 12.5. The first kappa shape index (κ1) is 19.6. The molecule has 0 bridgehead atoms. The Labute approximate surface area is 175 Å². The van der Waals surface area contributed by atoms with E-state index in [-0.39, 0.29) is 12.5 Å². The average molecular weight is 413 g/mol. The molecule has 6 heteroatoms. The van der Waals surface area contributed by atoms with Crippen LogP contribution in [0.2, 0.25) is 5.02 Å². The Morgan fingerprint density at radius 1 is 1.07 bits per heavy atom. The van der Waals surface area contributed by atoms with Gasteiger partial charge < -0.3 is 19.4 Å². The Balaban J connectivity index is 1.28. The van der Waals surface area contributed by atoms with Gasteiger partial charge in [-0.25, -0.2) is 0 Å². The molecule has 0 aliphatic carbocycles. The molecule has 1 saturated heterocycles. The molecule has 3 aromatic rings. The molecule has 5 nitrogen and oxygen atoms in total. The monoisotopic (exact) mass is 412 g/mol. The van der Waals surface area contributed by atoms with Crippen molar-refractivity contribution in [2.45, 2.75) is 25.7 Å². The van der Waals surface area contributed by atoms with Crippen molar-refractivity contribution in [2.75, 3.05) is 26.3 Å². The Kier molecular flexibility index (Phi) is 5.95. The number of aromatic amines is 1. The zero-order valence-electron chi connectivity index (χ0n) is 16.5. The van der Waals surface area contributed by atoms with E-state index in [4.69, 9.17) is 21.1 Å². The largest absolute Gasteiger partial charge is 0.494 e. The highest BCUT2D eigenvalue weighted by Crippen LogP contribution is 2.31. The second kappa shape index (κ2) is 8.78. The normalized spacial score (nSPS) is 14.9. The number of H-pyrrole nitrogens is 1. The number of hydrogen-bond donors (Lipinski definition) is 1. The Hall–Kier alpha value is -2.66. The predicted octanol–water partition coefficient (Wildman–Crippen LogP) is 5.01. The van der Waals surface area contributed by atoms with Crippen molar-refractivity contribution in [1.29, 1.82) is 0 Å². The Bertz CT molecular complexity index is 975. The molecule has 1 N–H and O–H groups in total. The number of rotatable bonds is 6. The lowest BCUT2D eigenvalue weighted by Crippen LogP contribution is -2.40. The van der Waals surface area contributed by atoms with Crippen LogP contribution in [0.15, 0.2) is 48.5 Å². The Morgan fingerprint density at radius 3 is 2.45 bits per heavy atom. The van der Waals surface area contributed by atoms with Gasteiger partial charge in [0.25, 0.3) is 5.91 Å². The third-order valence-electron chi connectivity index (χ3n) is 5.39. The second-order valence-electron chi connectivity index (χ2n) is 7.30. The quantitative estimate of drug-likeness (QED) is 0.619. The molecule has 1 aromatic heterocycles. The number of carbonyl (C=O) groups is 1. The zero-order valence-corrected chi connectivity index (χ0v) is 17.2. The third-order valence-corrected chi connectivity index (χ3v) is 5.62. The summed E-state index contributed by atoms with van der Waals surface area (Å²) in [6, 6.07) is 15.4. The molecule has 0 radical (unpaired) electrons. The fourth-order valence-electron chi connectivity index (χ4n) is 3.82. The lowest BCUT2D eigenvalue weighted by molar-refractivity contribution is -0.134. The molecular weight excluding hydrogens is 388 g/mol. The molecule has 29 heavy (non-hydrogen) atoms. The SMILES string of the molecule is CCOc1ccc(OCC(=O)N2CCC(c3cc4cc(Cl)ccc4[nH]3)CC2)cc1. The van der Waals surface area contributed by atoms with Gasteiger partial charge in [0.15, 0.2) is 6.61 Å². The molecule has 0 spiro atoms. The van der Waals surface area contributed by atoms with Gasteiger partial charge in [-0.3, -0.25) is 4.79 Å². The van der Waals surface area contributed by atoms with Crippen molar-refractivity contribution in [2.24, 2.45) is 0 Å². The number of halogens is 1. The van der Waals surface area contributed by atoms with Crippen LogP contribution in [-0.4, -0.2) is 42.1 Å². The molecule has 2 aromatic carbocycles. The van der Waals surface area contributed by atoms with Crippen molar-refractivity contribution < 1.29 is 14.3 Å². The first-order valence-corrected chi connectivity index (χ1v) is 10.4. The van der Waals surface area contributed by atoms with E-state index >= 15 is 0 Å². The van der Waals surface area contributed by atoms with Crippen LogP contribution in [0.4, 0.5) is 0 Å². The summed E-state index contributed by atoms with van der Waals surface area (Å²) in [5.41, 5.74) is 2.33. The minimum atomic E-state index is 0.0285. The fraction of sp³-hybridized carbons (Fsp3) is 0.348. The molecule has 0 unspecified atom stereocenters. The second-order valence-corrected chi connectivity index (χ2v) is 7.74. The van der Waals surface area contributed by atoms with Crippen LogP contribution >= 0.6 is 11.6 Å². The average Bonchev–Trinajstić information content (AvgIpc) is 3.16. The van der Waals surface area contributed by atoms with E-state index in [0.29, 0.717) is 18.3 Å². The van der Waals surface area contributed by atoms with E-state index in [1.165, 1.54) is 5.69 Å². The van der Waals surface area contributed by atoms with E-state index in [9.17, 15) is 4.79 Å². The van der Waals surface area contributed by atoms with Crippen molar-refractivity contribution in [3.8, 4) is 11.5 Å². The van der Waals surface area contributed by atoms with Crippen LogP contribution in [0.3, 0.4) is 0 Å². The van der Waals surface area contributed by atoms with Gasteiger partial charge in [0.05, 0.1) is 6.61 Å². The molecule has 1 amide bonds. The number of amides is 1. The summed E-state index contributed by atoms with van der Waals surface area (Å²) in [5, 5.41) is 1.88. The molecule has 2 heterocycles. The van der Waals surface area contributed by atoms with Crippen LogP contribution in [0.1, 0.15) is 31.4 Å². The number of piperidine rings is 1. The number of fused-ring (bicyclic) bond motifs is 1. The molecule has 1 fully saturated rings. The van der Waals surface area contributed by atoms with Gasteiger partial charge in [-0.1, -0.05) is 11.6 Å². The summed E-state index contributed by atoms with van der Waals surface area (Å²) in [5.74, 6) is 1.93. The first-order valence-electron chi connectivity index (χ1n) is 10.0. The summed E-state index contributed by atoms with van der Waals surface area (Å²) in [7, 11) is 0. The van der Waals surface area contributed by atoms with Crippen LogP contribution in [0.5, 0.6) is 11.5 Å². The standard InChI is InChI=1S/C23H25ClN2O3/c1-2-28-19-4-6-20(7-5-19)29-15-23(27)26-11-9-16(10-12-26)22-14-17-13-18(24)3-8-21(17)25-22/h3-8,13-14,16,25H,2,9-12,15H2,1H3. The minimum absolute atomic E-state index is 0.0285. The van der Waals surface area contributed by atoms with Gasteiger partial charge in [-0.2, -0.15) is 0 Å². The van der Waals surface area contributed by atoms with E-state index in [0.717, 1.165) is 47.6 Å². The van der Waals surface area contributed by atoms with Gasteiger partial charge in [0, 0.05) is 40.6 Å². The lowest BCUT2D eigenvalue weighted by atomic mass is 9.93. The number of likely N-dealkylation sites (tertiary alicyclic amines) is 1. The van der Waals surface area contributed by atoms with E-state index < -0.39 is 0 Å². The smallest absolute Gasteiger partial charge is 0.260 e. The Morgan fingerprint density at radius 2 is 1.76 bits per heavy atom. The highest BCUT2D eigenvalue weighted by Gasteiger charge is 2.25. The first-order chi connectivity index (χ1) is 14.1. The summed E-state index contributed by atoms with van der Waals surface area (Å²) in [6.45, 7) is 4.11. The summed E-state index contributed by atoms with van der Waals surface area (Å²) < 4.78 is 11.1. The van der Waals surface area contributed by atoms with Gasteiger partial charge in [0.2, 0.25) is 0 Å². The van der Waals surface area contributed by atoms with Crippen LogP contribution in [0, 0.1) is 0 Å². The lowest BCUT2D eigenvalue weighted by Gasteiger charge is -2.31. The van der Waals surface area contributed by atoms with Crippen molar-refractivity contribution >= 4 is 28.4 Å². The summed E-state index contributed by atoms with van der Waals surface area (Å²) in [4.78, 5) is 17.9. The maximum atomic E-state index is 12.5. The van der Waals surface area contributed by atoms with Crippen molar-refractivity contribution in [1.82, 2.24) is 9.88 Å². The minimum Gasteiger partial charge on any atom is -0.494 e. The summed E-state index contributed by atoms with van der Waals surface area (Å²) in [6.07, 6.45) is 1.88. The third kappa shape index (κ3) is 4.67. The van der Waals surface area contributed by atoms with Gasteiger partial charge in [-0.05, 0) is 68.3 Å². The van der Waals surface area contributed by atoms with E-state index in [1.54, 1.807) is 0 Å². The number of aromatic nitrogens is 1. The fourth-order valence-corrected chi connectivity index (χ4v) is 4.00. The number of benzene rings is 2. The maximum Gasteiger partial charge on any atom is 0.260 e. The molecule has 0 saturated carbocycles. The zero-order chi connectivity index (χ0) is 20.2. The predicted molar refractivity (Wildman–Crippen MR) is 115 cm³/mol. The summed E-state index contributed by atoms with van der Waals surface area (Å²) >= 11 is 6.09. The number of nitrogens with zero attached hydrogens (tertiary/aromatic N) is 1. The molecule has 0 atom stereocenters. The number of ether oxygens (including phenoxy) is 2. The van der Waals surface area contributed by atoms with Crippen molar-refractivity contribution in [3.63, 3.8) is 0 Å². The van der Waals surface area contributed by atoms with Crippen LogP contribution < -0.4 is 9.47 Å². The highest BCUT2D eigenvalue weighted by atomic mass is 35.5. The van der Waals surface area contributed by atoms with Gasteiger partial charge >= 0.3 is 0 Å². The van der Waals surface area contributed by atoms with Gasteiger partial charge in [-0.15, -0.1) is 0 Å². The van der Waals surface area contributed by atoms with Crippen LogP contribution in [-0.2, 0) is 4.79 Å². The molecule has 1 aliphatic rings. The highest BCUT2D eigenvalue weighted by molar-refractivity contribution is 6.31. The van der Waals surface area contributed by atoms with E-state index in [1.807, 2.05) is 54.3 Å². The topological polar surface area (TPSA) is 54.6 Å². The molecule has 4 rings (SSSR count). The number of carbonyl (C=O) groups excluding carboxylic acids is 1. The van der Waals surface area contributed by atoms with Crippen molar-refractivity contribution in [3.05, 3.63) is 59.2 Å². The molecular formula is C23H25ClN2O3. The van der Waals surface area contributed by atoms with Crippen LogP contribution in [0.25, 0.3) is 10.9 Å². The number of nitrogens with one attached hydrogen (secondary N) is 1. The molecule has 1 aliphatic heterocycles. The van der Waals surface area contributed by atoms with Gasteiger partial charge in [0.1, 0.15) is 11.5 Å². The van der Waals surface area contributed by atoms with E-state index in [2.05, 4.69) is 11.1 Å². The molecule has 152 valence electrons. The number of hydrogen-bond acceptors (Lipinski definition) is 3.